The van der Waals surface area contributed by atoms with Gasteiger partial charge in [0.15, 0.2) is 0 Å². The van der Waals surface area contributed by atoms with Crippen LogP contribution in [0.1, 0.15) is 11.5 Å². The number of urea groups is 1. The van der Waals surface area contributed by atoms with E-state index in [4.69, 9.17) is 34.8 Å². The van der Waals surface area contributed by atoms with Gasteiger partial charge in [-0.05, 0) is 35.9 Å². The van der Waals surface area contributed by atoms with E-state index in [1.165, 1.54) is 9.80 Å². The normalized spacial score (nSPS) is 18.6. The van der Waals surface area contributed by atoms with Gasteiger partial charge in [0.2, 0.25) is 0 Å². The van der Waals surface area contributed by atoms with E-state index in [1.807, 2.05) is 12.1 Å². The Labute approximate surface area is 184 Å². The Hall–Kier alpha value is -2.15. The first-order valence-corrected chi connectivity index (χ1v) is 10.0. The van der Waals surface area contributed by atoms with Gasteiger partial charge in [0.1, 0.15) is 0 Å². The van der Waals surface area contributed by atoms with Crippen LogP contribution in [0.4, 0.5) is 15.3 Å². The summed E-state index contributed by atoms with van der Waals surface area (Å²) in [6.07, 6.45) is -1.01. The standard InChI is InChI=1S/C20H20Cl3N3O3/c1-24(16-8-14(22)7-15(23)9-16)19(27)25(2)18-11-26(20(28)29)10-17(18)12-3-5-13(21)6-4-12/h3-9,17-18H,10-11H2,1-2H3,(H,28,29)/t17-,18+/m1/s1. The molecule has 0 saturated carbocycles. The quantitative estimate of drug-likeness (QED) is 0.683. The van der Waals surface area contributed by atoms with E-state index in [0.29, 0.717) is 27.3 Å². The maximum Gasteiger partial charge on any atom is 0.407 e. The molecule has 1 heterocycles. The van der Waals surface area contributed by atoms with Crippen LogP contribution in [-0.2, 0) is 0 Å². The maximum absolute atomic E-state index is 13.1. The number of hydrogen-bond acceptors (Lipinski definition) is 2. The van der Waals surface area contributed by atoms with Crippen LogP contribution in [0.15, 0.2) is 42.5 Å². The van der Waals surface area contributed by atoms with Crippen LogP contribution in [0.3, 0.4) is 0 Å². The molecule has 3 amide bonds. The van der Waals surface area contributed by atoms with Crippen molar-refractivity contribution in [1.82, 2.24) is 9.80 Å². The second kappa shape index (κ2) is 8.69. The van der Waals surface area contributed by atoms with Crippen LogP contribution in [0, 0.1) is 0 Å². The Morgan fingerprint density at radius 1 is 0.966 bits per heavy atom. The molecule has 0 radical (unpaired) electrons. The molecule has 0 aliphatic carbocycles. The molecule has 1 saturated heterocycles. The summed E-state index contributed by atoms with van der Waals surface area (Å²) in [4.78, 5) is 29.0. The fraction of sp³-hybridized carbons (Fsp3) is 0.300. The summed E-state index contributed by atoms with van der Waals surface area (Å²) in [5.41, 5.74) is 1.48. The van der Waals surface area contributed by atoms with Crippen molar-refractivity contribution in [1.29, 1.82) is 0 Å². The van der Waals surface area contributed by atoms with E-state index >= 15 is 0 Å². The fourth-order valence-electron chi connectivity index (χ4n) is 3.59. The molecular formula is C20H20Cl3N3O3. The summed E-state index contributed by atoms with van der Waals surface area (Å²) in [6, 6.07) is 11.5. The molecule has 0 bridgehead atoms. The molecule has 0 spiro atoms. The number of hydrogen-bond donors (Lipinski definition) is 1. The van der Waals surface area contributed by atoms with E-state index in [-0.39, 0.29) is 24.5 Å². The summed E-state index contributed by atoms with van der Waals surface area (Å²) in [5.74, 6) is -0.173. The number of benzene rings is 2. The molecule has 2 atom stereocenters. The second-order valence-electron chi connectivity index (χ2n) is 6.99. The molecule has 154 valence electrons. The van der Waals surface area contributed by atoms with Crippen LogP contribution in [0.2, 0.25) is 15.1 Å². The van der Waals surface area contributed by atoms with Crippen LogP contribution < -0.4 is 4.90 Å². The smallest absolute Gasteiger partial charge is 0.407 e. The minimum atomic E-state index is -1.01. The van der Waals surface area contributed by atoms with E-state index in [9.17, 15) is 14.7 Å². The molecule has 1 N–H and O–H groups in total. The van der Waals surface area contributed by atoms with E-state index in [2.05, 4.69) is 0 Å². The molecule has 1 aliphatic heterocycles. The van der Waals surface area contributed by atoms with Gasteiger partial charge in [0.25, 0.3) is 0 Å². The minimum Gasteiger partial charge on any atom is -0.465 e. The van der Waals surface area contributed by atoms with E-state index in [0.717, 1.165) is 5.56 Å². The highest BCUT2D eigenvalue weighted by Gasteiger charge is 2.40. The lowest BCUT2D eigenvalue weighted by atomic mass is 9.93. The second-order valence-corrected chi connectivity index (χ2v) is 8.30. The lowest BCUT2D eigenvalue weighted by molar-refractivity contribution is 0.150. The first-order chi connectivity index (χ1) is 13.7. The van der Waals surface area contributed by atoms with Gasteiger partial charge in [-0.3, -0.25) is 4.90 Å². The zero-order valence-electron chi connectivity index (χ0n) is 15.8. The maximum atomic E-state index is 13.1. The van der Waals surface area contributed by atoms with Crippen LogP contribution in [0.25, 0.3) is 0 Å². The molecule has 3 rings (SSSR count). The van der Waals surface area contributed by atoms with Crippen molar-refractivity contribution in [3.8, 4) is 0 Å². The van der Waals surface area contributed by atoms with Crippen molar-refractivity contribution in [3.05, 3.63) is 63.1 Å². The first kappa shape index (κ1) is 21.6. The average Bonchev–Trinajstić information content (AvgIpc) is 3.11. The monoisotopic (exact) mass is 455 g/mol. The summed E-state index contributed by atoms with van der Waals surface area (Å²) in [6.45, 7) is 0.515. The SMILES string of the molecule is CN(C(=O)N(C)[C@H]1CN(C(=O)O)C[C@@H]1c1ccc(Cl)cc1)c1cc(Cl)cc(Cl)c1. The third-order valence-corrected chi connectivity index (χ3v) is 5.87. The Morgan fingerprint density at radius 2 is 1.55 bits per heavy atom. The first-order valence-electron chi connectivity index (χ1n) is 8.87. The number of likely N-dealkylation sites (tertiary alicyclic amines) is 1. The molecule has 6 nitrogen and oxygen atoms in total. The molecule has 29 heavy (non-hydrogen) atoms. The predicted molar refractivity (Wildman–Crippen MR) is 116 cm³/mol. The zero-order valence-corrected chi connectivity index (χ0v) is 18.1. The number of carbonyl (C=O) groups excluding carboxylic acids is 1. The highest BCUT2D eigenvalue weighted by atomic mass is 35.5. The Bertz CT molecular complexity index is 903. The van der Waals surface area contributed by atoms with Crippen molar-refractivity contribution < 1.29 is 14.7 Å². The molecule has 1 aliphatic rings. The third-order valence-electron chi connectivity index (χ3n) is 5.18. The summed E-state index contributed by atoms with van der Waals surface area (Å²) in [7, 11) is 3.30. The number of rotatable bonds is 3. The van der Waals surface area contributed by atoms with Crippen molar-refractivity contribution in [3.63, 3.8) is 0 Å². The lowest BCUT2D eigenvalue weighted by Gasteiger charge is -2.32. The fourth-order valence-corrected chi connectivity index (χ4v) is 4.24. The van der Waals surface area contributed by atoms with Gasteiger partial charge in [-0.1, -0.05) is 46.9 Å². The number of halogens is 3. The van der Waals surface area contributed by atoms with Crippen molar-refractivity contribution in [2.24, 2.45) is 0 Å². The predicted octanol–water partition coefficient (Wildman–Crippen LogP) is 5.28. The molecule has 2 aromatic rings. The molecule has 0 aromatic heterocycles. The number of nitrogens with zero attached hydrogens (tertiary/aromatic N) is 3. The molecule has 1 fully saturated rings. The Kier molecular flexibility index (Phi) is 6.46. The van der Waals surface area contributed by atoms with Crippen LogP contribution in [-0.4, -0.2) is 60.3 Å². The average molecular weight is 457 g/mol. The topological polar surface area (TPSA) is 64.1 Å². The van der Waals surface area contributed by atoms with Gasteiger partial charge in [0, 0.05) is 53.9 Å². The van der Waals surface area contributed by atoms with Crippen molar-refractivity contribution in [2.75, 3.05) is 32.1 Å². The van der Waals surface area contributed by atoms with Gasteiger partial charge >= 0.3 is 12.1 Å². The number of amides is 3. The highest BCUT2D eigenvalue weighted by Crippen LogP contribution is 2.33. The number of carboxylic acid groups (broad SMARTS) is 1. The van der Waals surface area contributed by atoms with Gasteiger partial charge in [0.05, 0.1) is 6.04 Å². The lowest BCUT2D eigenvalue weighted by Crippen LogP contribution is -2.47. The minimum absolute atomic E-state index is 0.173. The third kappa shape index (κ3) is 4.71. The van der Waals surface area contributed by atoms with Gasteiger partial charge in [-0.25, -0.2) is 9.59 Å². The number of anilines is 1. The van der Waals surface area contributed by atoms with Crippen molar-refractivity contribution in [2.45, 2.75) is 12.0 Å². The summed E-state index contributed by atoms with van der Waals surface area (Å²) < 4.78 is 0. The number of carbonyl (C=O) groups is 2. The van der Waals surface area contributed by atoms with Gasteiger partial charge in [-0.2, -0.15) is 0 Å². The van der Waals surface area contributed by atoms with Crippen molar-refractivity contribution >= 4 is 52.6 Å². The van der Waals surface area contributed by atoms with Gasteiger partial charge in [-0.15, -0.1) is 0 Å². The van der Waals surface area contributed by atoms with Crippen LogP contribution >= 0.6 is 34.8 Å². The zero-order chi connectivity index (χ0) is 21.3. The summed E-state index contributed by atoms with van der Waals surface area (Å²) in [5, 5.41) is 10.9. The Morgan fingerprint density at radius 3 is 2.10 bits per heavy atom. The summed E-state index contributed by atoms with van der Waals surface area (Å²) >= 11 is 18.1. The van der Waals surface area contributed by atoms with Crippen LogP contribution in [0.5, 0.6) is 0 Å². The largest absolute Gasteiger partial charge is 0.465 e. The van der Waals surface area contributed by atoms with E-state index in [1.54, 1.807) is 49.3 Å². The molecule has 0 unspecified atom stereocenters. The molecule has 2 aromatic carbocycles. The van der Waals surface area contributed by atoms with Gasteiger partial charge < -0.3 is 14.9 Å². The highest BCUT2D eigenvalue weighted by molar-refractivity contribution is 6.35. The molecular weight excluding hydrogens is 437 g/mol. The Balaban J connectivity index is 1.87. The number of likely N-dealkylation sites (N-methyl/N-ethyl adjacent to an activating group) is 1. The van der Waals surface area contributed by atoms with E-state index < -0.39 is 6.09 Å². The molecule has 9 heteroatoms.